The summed E-state index contributed by atoms with van der Waals surface area (Å²) in [6, 6.07) is 10.1. The van der Waals surface area contributed by atoms with Crippen molar-refractivity contribution in [1.29, 1.82) is 0 Å². The average Bonchev–Trinajstić information content (AvgIpc) is 3.14. The van der Waals surface area contributed by atoms with Gasteiger partial charge >= 0.3 is 0 Å². The van der Waals surface area contributed by atoms with E-state index in [0.29, 0.717) is 0 Å². The van der Waals surface area contributed by atoms with Crippen LogP contribution >= 0.6 is 11.8 Å². The maximum Gasteiger partial charge on any atom is 0.277 e. The molecule has 0 aliphatic heterocycles. The van der Waals surface area contributed by atoms with Crippen LogP contribution in [0, 0.1) is 26.6 Å². The van der Waals surface area contributed by atoms with Crippen molar-refractivity contribution in [3.8, 4) is 5.75 Å². The summed E-state index contributed by atoms with van der Waals surface area (Å²) in [5.41, 5.74) is 4.00. The van der Waals surface area contributed by atoms with Gasteiger partial charge in [-0.15, -0.1) is 10.2 Å². The molecule has 1 atom stereocenters. The second kappa shape index (κ2) is 9.09. The number of thioether (sulfide) groups is 1. The number of carbonyl (C=O) groups is 1. The van der Waals surface area contributed by atoms with Gasteiger partial charge in [0.1, 0.15) is 0 Å². The molecule has 3 aromatic rings. The zero-order valence-electron chi connectivity index (χ0n) is 16.7. The molecule has 0 bridgehead atoms. The monoisotopic (exact) mass is 415 g/mol. The van der Waals surface area contributed by atoms with E-state index in [1.165, 1.54) is 12.1 Å². The van der Waals surface area contributed by atoms with Crippen molar-refractivity contribution in [3.63, 3.8) is 0 Å². The first-order chi connectivity index (χ1) is 13.8. The second-order valence-corrected chi connectivity index (χ2v) is 7.63. The van der Waals surface area contributed by atoms with Crippen LogP contribution < -0.4 is 10.1 Å². The van der Waals surface area contributed by atoms with Gasteiger partial charge in [0.05, 0.1) is 5.75 Å². The van der Waals surface area contributed by atoms with Crippen molar-refractivity contribution >= 4 is 23.4 Å². The molecule has 0 unspecified atom stereocenters. The van der Waals surface area contributed by atoms with Crippen LogP contribution in [-0.4, -0.2) is 21.9 Å². The Morgan fingerprint density at radius 2 is 1.90 bits per heavy atom. The summed E-state index contributed by atoms with van der Waals surface area (Å²) in [5, 5.41) is 11.0. The van der Waals surface area contributed by atoms with E-state index < -0.39 is 11.9 Å². The van der Waals surface area contributed by atoms with Crippen LogP contribution in [0.25, 0.3) is 0 Å². The maximum absolute atomic E-state index is 13.7. The second-order valence-electron chi connectivity index (χ2n) is 6.71. The lowest BCUT2D eigenvalue weighted by Gasteiger charge is -2.12. The van der Waals surface area contributed by atoms with Crippen molar-refractivity contribution in [2.45, 2.75) is 39.0 Å². The van der Waals surface area contributed by atoms with Crippen LogP contribution in [0.15, 0.2) is 46.0 Å². The van der Waals surface area contributed by atoms with Crippen LogP contribution in [-0.2, 0) is 4.79 Å². The molecule has 1 heterocycles. The Labute approximate surface area is 172 Å². The third kappa shape index (κ3) is 5.35. The first-order valence-electron chi connectivity index (χ1n) is 9.08. The molecule has 0 spiro atoms. The third-order valence-corrected chi connectivity index (χ3v) is 5.00. The smallest absolute Gasteiger partial charge is 0.277 e. The number of hydrogen-bond acceptors (Lipinski definition) is 6. The molecule has 0 aliphatic rings. The summed E-state index contributed by atoms with van der Waals surface area (Å²) >= 11 is 1.13. The molecule has 152 valence electrons. The zero-order chi connectivity index (χ0) is 21.0. The van der Waals surface area contributed by atoms with Gasteiger partial charge in [0.15, 0.2) is 17.7 Å². The van der Waals surface area contributed by atoms with Gasteiger partial charge < -0.3 is 14.5 Å². The molecule has 29 heavy (non-hydrogen) atoms. The minimum absolute atomic E-state index is 0.107. The van der Waals surface area contributed by atoms with Crippen molar-refractivity contribution in [3.05, 3.63) is 64.8 Å². The summed E-state index contributed by atoms with van der Waals surface area (Å²) < 4.78 is 24.8. The number of rotatable bonds is 7. The Bertz CT molecular complexity index is 999. The Morgan fingerprint density at radius 1 is 1.21 bits per heavy atom. The number of carbonyl (C=O) groups excluding carboxylic acids is 1. The number of nitrogens with one attached hydrogen (secondary N) is 1. The normalized spacial score (nSPS) is 11.9. The highest BCUT2D eigenvalue weighted by atomic mass is 32.2. The van der Waals surface area contributed by atoms with Crippen LogP contribution in [0.1, 0.15) is 35.6 Å². The number of ether oxygens (including phenoxy) is 1. The zero-order valence-corrected chi connectivity index (χ0v) is 17.5. The lowest BCUT2D eigenvalue weighted by Crippen LogP contribution is -2.15. The van der Waals surface area contributed by atoms with E-state index in [1.54, 1.807) is 19.1 Å². The largest absolute Gasteiger partial charge is 0.478 e. The Balaban J connectivity index is 1.56. The van der Waals surface area contributed by atoms with E-state index in [9.17, 15) is 9.18 Å². The number of anilines is 1. The molecular weight excluding hydrogens is 393 g/mol. The van der Waals surface area contributed by atoms with Gasteiger partial charge in [-0.3, -0.25) is 4.79 Å². The number of aryl methyl sites for hydroxylation is 3. The van der Waals surface area contributed by atoms with Gasteiger partial charge in [0.25, 0.3) is 11.1 Å². The first-order valence-corrected chi connectivity index (χ1v) is 10.1. The number of aromatic nitrogens is 2. The van der Waals surface area contributed by atoms with Crippen molar-refractivity contribution in [2.75, 3.05) is 11.1 Å². The molecule has 8 heteroatoms. The molecule has 1 aromatic heterocycles. The number of hydrogen-bond donors (Lipinski definition) is 1. The van der Waals surface area contributed by atoms with Crippen LogP contribution in [0.5, 0.6) is 5.75 Å². The summed E-state index contributed by atoms with van der Waals surface area (Å²) in [6.45, 7) is 7.63. The predicted molar refractivity (Wildman–Crippen MR) is 110 cm³/mol. The lowest BCUT2D eigenvalue weighted by atomic mass is 10.1. The maximum atomic E-state index is 13.7. The fourth-order valence-electron chi connectivity index (χ4n) is 2.90. The number of halogens is 1. The molecule has 1 amide bonds. The van der Waals surface area contributed by atoms with Crippen molar-refractivity contribution in [1.82, 2.24) is 10.2 Å². The van der Waals surface area contributed by atoms with Crippen LogP contribution in [0.3, 0.4) is 0 Å². The van der Waals surface area contributed by atoms with Gasteiger partial charge in [-0.05, 0) is 51.0 Å². The van der Waals surface area contributed by atoms with Crippen LogP contribution in [0.4, 0.5) is 10.1 Å². The average molecular weight is 415 g/mol. The van der Waals surface area contributed by atoms with Gasteiger partial charge in [-0.25, -0.2) is 4.39 Å². The number of amides is 1. The first kappa shape index (κ1) is 20.9. The molecule has 1 N–H and O–H groups in total. The summed E-state index contributed by atoms with van der Waals surface area (Å²) in [7, 11) is 0. The minimum atomic E-state index is -0.625. The third-order valence-electron chi connectivity index (χ3n) is 4.18. The van der Waals surface area contributed by atoms with E-state index in [4.69, 9.17) is 9.15 Å². The summed E-state index contributed by atoms with van der Waals surface area (Å²) in [6.07, 6.45) is -0.625. The molecule has 0 radical (unpaired) electrons. The summed E-state index contributed by atoms with van der Waals surface area (Å²) in [5.74, 6) is -0.194. The van der Waals surface area contributed by atoms with E-state index in [0.717, 1.165) is 34.1 Å². The number of benzene rings is 2. The fraction of sp³-hybridized carbons (Fsp3) is 0.286. The van der Waals surface area contributed by atoms with E-state index in [-0.39, 0.29) is 28.5 Å². The molecule has 0 saturated carbocycles. The molecule has 0 saturated heterocycles. The number of para-hydroxylation sites is 1. The summed E-state index contributed by atoms with van der Waals surface area (Å²) in [4.78, 5) is 12.3. The molecule has 6 nitrogen and oxygen atoms in total. The van der Waals surface area contributed by atoms with E-state index >= 15 is 0 Å². The Hall–Kier alpha value is -2.87. The van der Waals surface area contributed by atoms with Gasteiger partial charge in [0.2, 0.25) is 5.91 Å². The van der Waals surface area contributed by atoms with E-state index in [1.807, 2.05) is 32.9 Å². The van der Waals surface area contributed by atoms with Gasteiger partial charge in [-0.2, -0.15) is 0 Å². The van der Waals surface area contributed by atoms with Gasteiger partial charge in [-0.1, -0.05) is 41.6 Å². The Morgan fingerprint density at radius 3 is 2.59 bits per heavy atom. The molecular formula is C21H22FN3O3S. The predicted octanol–water partition coefficient (Wildman–Crippen LogP) is 5.00. The SMILES string of the molecule is Cc1cc(C)c(NC(=O)CSc2nnc([C@@H](C)Oc3ccccc3F)o2)c(C)c1. The highest BCUT2D eigenvalue weighted by Gasteiger charge is 2.18. The molecule has 0 fully saturated rings. The minimum Gasteiger partial charge on any atom is -0.478 e. The highest BCUT2D eigenvalue weighted by Crippen LogP contribution is 2.26. The lowest BCUT2D eigenvalue weighted by molar-refractivity contribution is -0.113. The molecule has 3 rings (SSSR count). The van der Waals surface area contributed by atoms with Gasteiger partial charge in [0, 0.05) is 5.69 Å². The van der Waals surface area contributed by atoms with Crippen molar-refractivity contribution < 1.29 is 18.3 Å². The van der Waals surface area contributed by atoms with E-state index in [2.05, 4.69) is 15.5 Å². The quantitative estimate of drug-likeness (QED) is 0.547. The number of nitrogens with zero attached hydrogens (tertiary/aromatic N) is 2. The molecule has 2 aromatic carbocycles. The topological polar surface area (TPSA) is 77.2 Å². The molecule has 0 aliphatic carbocycles. The fourth-order valence-corrected chi connectivity index (χ4v) is 3.47. The van der Waals surface area contributed by atoms with Crippen molar-refractivity contribution in [2.24, 2.45) is 0 Å². The Kier molecular flexibility index (Phi) is 6.53. The standard InChI is InChI=1S/C21H22FN3O3S/c1-12-9-13(2)19(14(3)10-12)23-18(26)11-29-21-25-24-20(28-21)15(4)27-17-8-6-5-7-16(17)22/h5-10,15H,11H2,1-4H3,(H,23,26)/t15-/m1/s1. The van der Waals surface area contributed by atoms with Crippen LogP contribution in [0.2, 0.25) is 0 Å². The highest BCUT2D eigenvalue weighted by molar-refractivity contribution is 7.99.